The number of aryl methyl sites for hydroxylation is 2. The maximum atomic E-state index is 13.4. The van der Waals surface area contributed by atoms with Crippen molar-refractivity contribution in [3.8, 4) is 0 Å². The quantitative estimate of drug-likeness (QED) is 0.678. The minimum absolute atomic E-state index is 0.250. The molecule has 104 valence electrons. The second-order valence-corrected chi connectivity index (χ2v) is 4.71. The molecule has 0 spiro atoms. The highest BCUT2D eigenvalue weighted by molar-refractivity contribution is 5.63. The summed E-state index contributed by atoms with van der Waals surface area (Å²) in [6, 6.07) is 10.3. The lowest BCUT2D eigenvalue weighted by Gasteiger charge is -2.09. The van der Waals surface area contributed by atoms with Crippen molar-refractivity contribution < 1.29 is 9.31 Å². The van der Waals surface area contributed by atoms with Crippen LogP contribution in [0.1, 0.15) is 16.7 Å². The molecule has 4 nitrogen and oxygen atoms in total. The first-order valence-electron chi connectivity index (χ1n) is 6.21. The van der Waals surface area contributed by atoms with Gasteiger partial charge in [-0.2, -0.15) is 0 Å². The number of nitrogens with one attached hydrogen (secondary N) is 1. The van der Waals surface area contributed by atoms with Crippen molar-refractivity contribution >= 4 is 11.4 Å². The van der Waals surface area contributed by atoms with Crippen LogP contribution in [0.15, 0.2) is 36.4 Å². The highest BCUT2D eigenvalue weighted by Crippen LogP contribution is 2.27. The molecule has 1 N–H and O–H groups in total. The third-order valence-corrected chi connectivity index (χ3v) is 3.08. The summed E-state index contributed by atoms with van der Waals surface area (Å²) in [4.78, 5) is 10.4. The van der Waals surface area contributed by atoms with Crippen molar-refractivity contribution in [3.63, 3.8) is 0 Å². The van der Waals surface area contributed by atoms with E-state index < -0.39 is 10.7 Å². The predicted molar refractivity (Wildman–Crippen MR) is 76.3 cm³/mol. The van der Waals surface area contributed by atoms with Crippen LogP contribution >= 0.6 is 0 Å². The van der Waals surface area contributed by atoms with Crippen LogP contribution in [0, 0.1) is 29.8 Å². The van der Waals surface area contributed by atoms with Crippen LogP contribution in [0.4, 0.5) is 15.8 Å². The zero-order valence-corrected chi connectivity index (χ0v) is 11.3. The number of halogens is 1. The average Bonchev–Trinajstić information content (AvgIpc) is 2.41. The van der Waals surface area contributed by atoms with E-state index in [9.17, 15) is 14.5 Å². The summed E-state index contributed by atoms with van der Waals surface area (Å²) in [7, 11) is 0. The van der Waals surface area contributed by atoms with Gasteiger partial charge in [0.25, 0.3) is 5.69 Å². The van der Waals surface area contributed by atoms with E-state index >= 15 is 0 Å². The fraction of sp³-hybridized carbons (Fsp3) is 0.200. The van der Waals surface area contributed by atoms with E-state index in [1.54, 1.807) is 6.92 Å². The summed E-state index contributed by atoms with van der Waals surface area (Å²) in [5, 5.41) is 13.9. The van der Waals surface area contributed by atoms with Gasteiger partial charge in [-0.1, -0.05) is 29.8 Å². The van der Waals surface area contributed by atoms with Crippen molar-refractivity contribution in [1.29, 1.82) is 0 Å². The summed E-state index contributed by atoms with van der Waals surface area (Å²) < 4.78 is 13.4. The molecule has 0 aliphatic rings. The third kappa shape index (κ3) is 3.12. The van der Waals surface area contributed by atoms with Crippen LogP contribution in [-0.4, -0.2) is 4.92 Å². The Hall–Kier alpha value is -2.43. The molecule has 0 radical (unpaired) electrons. The molecule has 0 aromatic heterocycles. The minimum Gasteiger partial charge on any atom is -0.375 e. The number of hydrogen-bond donors (Lipinski definition) is 1. The van der Waals surface area contributed by atoms with Crippen molar-refractivity contribution in [2.24, 2.45) is 0 Å². The van der Waals surface area contributed by atoms with Crippen LogP contribution in [0.2, 0.25) is 0 Å². The summed E-state index contributed by atoms with van der Waals surface area (Å²) in [5.41, 5.74) is 2.61. The lowest BCUT2D eigenvalue weighted by molar-refractivity contribution is -0.384. The topological polar surface area (TPSA) is 55.2 Å². The van der Waals surface area contributed by atoms with Crippen LogP contribution in [-0.2, 0) is 6.54 Å². The van der Waals surface area contributed by atoms with Crippen LogP contribution in [0.5, 0.6) is 0 Å². The largest absolute Gasteiger partial charge is 0.375 e. The standard InChI is InChI=1S/C15H15FN2O2/c1-10-3-5-12(6-4-10)9-17-14-7-11(2)13(16)8-15(14)18(19)20/h3-8,17H,9H2,1-2H3. The molecule has 5 heteroatoms. The number of nitrogens with zero attached hydrogens (tertiary/aromatic N) is 1. The first-order chi connectivity index (χ1) is 9.47. The van der Waals surface area contributed by atoms with E-state index in [4.69, 9.17) is 0 Å². The molecule has 0 aliphatic heterocycles. The molecular formula is C15H15FN2O2. The SMILES string of the molecule is Cc1ccc(CNc2cc(C)c(F)cc2[N+](=O)[O-])cc1. The van der Waals surface area contributed by atoms with Gasteiger partial charge in [0.1, 0.15) is 11.5 Å². The second-order valence-electron chi connectivity index (χ2n) is 4.71. The molecular weight excluding hydrogens is 259 g/mol. The second kappa shape index (κ2) is 5.69. The maximum Gasteiger partial charge on any atom is 0.295 e. The Morgan fingerprint density at radius 2 is 1.85 bits per heavy atom. The van der Waals surface area contributed by atoms with E-state index in [1.807, 2.05) is 31.2 Å². The highest BCUT2D eigenvalue weighted by atomic mass is 19.1. The number of anilines is 1. The van der Waals surface area contributed by atoms with Gasteiger partial charge in [-0.3, -0.25) is 10.1 Å². The Morgan fingerprint density at radius 1 is 1.20 bits per heavy atom. The molecule has 0 saturated heterocycles. The molecule has 0 amide bonds. The average molecular weight is 274 g/mol. The van der Waals surface area contributed by atoms with Gasteiger partial charge in [0.05, 0.1) is 11.0 Å². The number of nitro groups is 1. The monoisotopic (exact) mass is 274 g/mol. The zero-order chi connectivity index (χ0) is 14.7. The smallest absolute Gasteiger partial charge is 0.295 e. The third-order valence-electron chi connectivity index (χ3n) is 3.08. The van der Waals surface area contributed by atoms with Crippen molar-refractivity contribution in [2.45, 2.75) is 20.4 Å². The summed E-state index contributed by atoms with van der Waals surface area (Å²) in [6.07, 6.45) is 0. The number of nitro benzene ring substituents is 1. The zero-order valence-electron chi connectivity index (χ0n) is 11.3. The molecule has 0 bridgehead atoms. The van der Waals surface area contributed by atoms with Crippen molar-refractivity contribution in [2.75, 3.05) is 5.32 Å². The van der Waals surface area contributed by atoms with Gasteiger partial charge in [-0.05, 0) is 31.0 Å². The van der Waals surface area contributed by atoms with Gasteiger partial charge in [-0.15, -0.1) is 0 Å². The molecule has 0 atom stereocenters. The van der Waals surface area contributed by atoms with E-state index in [-0.39, 0.29) is 5.69 Å². The highest BCUT2D eigenvalue weighted by Gasteiger charge is 2.16. The van der Waals surface area contributed by atoms with Gasteiger partial charge in [0, 0.05) is 6.54 Å². The Balaban J connectivity index is 2.22. The Bertz CT molecular complexity index is 639. The molecule has 2 aromatic carbocycles. The number of rotatable bonds is 4. The number of benzene rings is 2. The summed E-state index contributed by atoms with van der Waals surface area (Å²) in [6.45, 7) is 4.02. The van der Waals surface area contributed by atoms with Gasteiger partial charge in [0.15, 0.2) is 0 Å². The van der Waals surface area contributed by atoms with Gasteiger partial charge >= 0.3 is 0 Å². The number of hydrogen-bond acceptors (Lipinski definition) is 3. The van der Waals surface area contributed by atoms with E-state index in [2.05, 4.69) is 5.32 Å². The predicted octanol–water partition coefficient (Wildman–Crippen LogP) is 3.96. The minimum atomic E-state index is -0.583. The molecule has 2 rings (SSSR count). The fourth-order valence-corrected chi connectivity index (χ4v) is 1.87. The molecule has 0 fully saturated rings. The van der Waals surface area contributed by atoms with Crippen molar-refractivity contribution in [1.82, 2.24) is 0 Å². The van der Waals surface area contributed by atoms with E-state index in [1.165, 1.54) is 6.07 Å². The van der Waals surface area contributed by atoms with E-state index in [0.717, 1.165) is 17.2 Å². The Kier molecular flexibility index (Phi) is 3.98. The van der Waals surface area contributed by atoms with Crippen LogP contribution in [0.25, 0.3) is 0 Å². The molecule has 0 unspecified atom stereocenters. The molecule has 0 heterocycles. The van der Waals surface area contributed by atoms with Gasteiger partial charge in [-0.25, -0.2) is 4.39 Å². The summed E-state index contributed by atoms with van der Waals surface area (Å²) >= 11 is 0. The Labute approximate surface area is 116 Å². The van der Waals surface area contributed by atoms with Crippen LogP contribution in [0.3, 0.4) is 0 Å². The van der Waals surface area contributed by atoms with E-state index in [0.29, 0.717) is 17.8 Å². The van der Waals surface area contributed by atoms with Crippen LogP contribution < -0.4 is 5.32 Å². The lowest BCUT2D eigenvalue weighted by atomic mass is 10.1. The van der Waals surface area contributed by atoms with Gasteiger partial charge in [0.2, 0.25) is 0 Å². The molecule has 20 heavy (non-hydrogen) atoms. The van der Waals surface area contributed by atoms with Gasteiger partial charge < -0.3 is 5.32 Å². The Morgan fingerprint density at radius 3 is 2.45 bits per heavy atom. The lowest BCUT2D eigenvalue weighted by Crippen LogP contribution is -2.04. The molecule has 0 saturated carbocycles. The first kappa shape index (κ1) is 14.0. The fourth-order valence-electron chi connectivity index (χ4n) is 1.87. The van der Waals surface area contributed by atoms with Crippen molar-refractivity contribution in [3.05, 3.63) is 69.0 Å². The normalized spacial score (nSPS) is 10.3. The first-order valence-corrected chi connectivity index (χ1v) is 6.21. The molecule has 0 aliphatic carbocycles. The summed E-state index contributed by atoms with van der Waals surface area (Å²) in [5.74, 6) is -0.572. The maximum absolute atomic E-state index is 13.4. The molecule has 2 aromatic rings.